The molecule has 0 amide bonds. The van der Waals surface area contributed by atoms with Gasteiger partial charge in [0.2, 0.25) is 5.89 Å². The number of nitrogens with one attached hydrogen (secondary N) is 2. The molecule has 0 aliphatic carbocycles. The van der Waals surface area contributed by atoms with Gasteiger partial charge in [0.1, 0.15) is 29.9 Å². The van der Waals surface area contributed by atoms with Gasteiger partial charge in [-0.2, -0.15) is 0 Å². The monoisotopic (exact) mass is 645 g/mol. The number of aryl methyl sites for hydroxylation is 2. The Morgan fingerprint density at radius 1 is 1.13 bits per heavy atom. The molecule has 1 fully saturated rings. The van der Waals surface area contributed by atoms with Crippen LogP contribution in [0.25, 0.3) is 22.5 Å². The number of hydrogen-bond acceptors (Lipinski definition) is 10. The molecule has 242 valence electrons. The first-order valence-corrected chi connectivity index (χ1v) is 16.4. The predicted molar refractivity (Wildman–Crippen MR) is 176 cm³/mol. The molecule has 1 aliphatic rings. The fourth-order valence-corrected chi connectivity index (χ4v) is 5.87. The van der Waals surface area contributed by atoms with Gasteiger partial charge in [-0.3, -0.25) is 0 Å². The number of aromatic nitrogens is 5. The quantitative estimate of drug-likeness (QED) is 0.164. The van der Waals surface area contributed by atoms with Crippen molar-refractivity contribution in [1.82, 2.24) is 29.2 Å². The van der Waals surface area contributed by atoms with Crippen LogP contribution in [0, 0.1) is 6.92 Å². The average Bonchev–Trinajstić information content (AvgIpc) is 3.68. The van der Waals surface area contributed by atoms with Crippen LogP contribution in [0.2, 0.25) is 0 Å². The smallest absolute Gasteiger partial charge is 0.231 e. The van der Waals surface area contributed by atoms with Crippen molar-refractivity contribution in [2.45, 2.75) is 64.0 Å². The summed E-state index contributed by atoms with van der Waals surface area (Å²) in [6, 6.07) is 11.3. The average molecular weight is 646 g/mol. The van der Waals surface area contributed by atoms with Crippen molar-refractivity contribution in [1.29, 1.82) is 0 Å². The number of hydrogen-bond donors (Lipinski definition) is 2. The number of rotatable bonds is 11. The van der Waals surface area contributed by atoms with Crippen LogP contribution in [0.3, 0.4) is 0 Å². The summed E-state index contributed by atoms with van der Waals surface area (Å²) < 4.78 is 41.4. The van der Waals surface area contributed by atoms with Crippen LogP contribution in [-0.2, 0) is 27.5 Å². The third kappa shape index (κ3) is 7.44. The van der Waals surface area contributed by atoms with Crippen molar-refractivity contribution >= 4 is 33.5 Å². The molecule has 2 N–H and O–H groups in total. The molecule has 2 unspecified atom stereocenters. The van der Waals surface area contributed by atoms with E-state index in [2.05, 4.69) is 25.0 Å². The highest BCUT2D eigenvalue weighted by Crippen LogP contribution is 2.33. The van der Waals surface area contributed by atoms with Crippen LogP contribution >= 0.6 is 0 Å². The molecule has 0 bridgehead atoms. The van der Waals surface area contributed by atoms with E-state index in [0.29, 0.717) is 54.8 Å². The Balaban J connectivity index is 1.18. The van der Waals surface area contributed by atoms with Crippen molar-refractivity contribution in [2.75, 3.05) is 18.5 Å². The van der Waals surface area contributed by atoms with E-state index in [1.807, 2.05) is 75.7 Å². The van der Waals surface area contributed by atoms with Gasteiger partial charge in [-0.25, -0.2) is 28.9 Å². The Morgan fingerprint density at radius 3 is 2.74 bits per heavy atom. The van der Waals surface area contributed by atoms with Crippen LogP contribution < -0.4 is 14.8 Å². The van der Waals surface area contributed by atoms with E-state index in [9.17, 15) is 4.21 Å². The highest BCUT2D eigenvalue weighted by Gasteiger charge is 2.27. The maximum Gasteiger partial charge on any atom is 0.231 e. The Hall–Kier alpha value is -4.17. The summed E-state index contributed by atoms with van der Waals surface area (Å²) in [5, 5.41) is 3.37. The standard InChI is InChI=1S/C33H39N7O5S/c1-21-15-22(7-11-29(21)45-23-8-10-28-26(16-23)36-20-40(28)5)37-31-24(17-34-19-35-31)32-38-27(18-44-32)25(39-46(41)33(2,3)4)9-12-30-42-13-6-14-43-30/h7-8,10-11,15-20,25,30,39H,6,9,12-14H2,1-5H3,(H,34,35,37). The van der Waals surface area contributed by atoms with Crippen molar-refractivity contribution in [3.8, 4) is 23.0 Å². The van der Waals surface area contributed by atoms with E-state index in [4.69, 9.17) is 23.6 Å². The normalized spacial score (nSPS) is 15.6. The van der Waals surface area contributed by atoms with E-state index in [1.54, 1.807) is 18.8 Å². The highest BCUT2D eigenvalue weighted by atomic mass is 32.2. The molecular formula is C33H39N7O5S. The third-order valence-electron chi connectivity index (χ3n) is 7.58. The second-order valence-electron chi connectivity index (χ2n) is 12.2. The van der Waals surface area contributed by atoms with Crippen LogP contribution in [0.4, 0.5) is 11.5 Å². The molecule has 2 aromatic carbocycles. The fourth-order valence-electron chi connectivity index (χ4n) is 5.02. The molecule has 1 saturated heterocycles. The van der Waals surface area contributed by atoms with Gasteiger partial charge in [-0.1, -0.05) is 0 Å². The van der Waals surface area contributed by atoms with Gasteiger partial charge < -0.3 is 28.5 Å². The summed E-state index contributed by atoms with van der Waals surface area (Å²) in [5.74, 6) is 2.32. The van der Waals surface area contributed by atoms with Gasteiger partial charge in [-0.05, 0) is 76.4 Å². The molecular weight excluding hydrogens is 606 g/mol. The number of nitrogens with zero attached hydrogens (tertiary/aromatic N) is 5. The van der Waals surface area contributed by atoms with Gasteiger partial charge in [0.25, 0.3) is 0 Å². The lowest BCUT2D eigenvalue weighted by Gasteiger charge is -2.26. The number of benzene rings is 2. The number of oxazole rings is 1. The molecule has 1 aliphatic heterocycles. The summed E-state index contributed by atoms with van der Waals surface area (Å²) in [6.45, 7) is 9.11. The van der Waals surface area contributed by atoms with Gasteiger partial charge in [-0.15, -0.1) is 0 Å². The van der Waals surface area contributed by atoms with Crippen LogP contribution in [0.5, 0.6) is 11.5 Å². The van der Waals surface area contributed by atoms with Crippen LogP contribution in [-0.4, -0.2) is 53.0 Å². The summed E-state index contributed by atoms with van der Waals surface area (Å²) in [5.41, 5.74) is 4.87. The second-order valence-corrected chi connectivity index (χ2v) is 14.2. The summed E-state index contributed by atoms with van der Waals surface area (Å²) >= 11 is 0. The van der Waals surface area contributed by atoms with Crippen molar-refractivity contribution < 1.29 is 22.8 Å². The number of imidazole rings is 1. The molecule has 3 aromatic heterocycles. The summed E-state index contributed by atoms with van der Waals surface area (Å²) in [7, 11) is 0.636. The maximum absolute atomic E-state index is 13.1. The lowest BCUT2D eigenvalue weighted by molar-refractivity contribution is -0.182. The molecule has 0 spiro atoms. The molecule has 12 nitrogen and oxygen atoms in total. The van der Waals surface area contributed by atoms with Crippen molar-refractivity contribution in [3.63, 3.8) is 0 Å². The lowest BCUT2D eigenvalue weighted by atomic mass is 10.1. The fraction of sp³-hybridized carbons (Fsp3) is 0.394. The molecule has 0 radical (unpaired) electrons. The van der Waals surface area contributed by atoms with Crippen molar-refractivity contribution in [2.24, 2.45) is 7.05 Å². The minimum atomic E-state index is -1.33. The van der Waals surface area contributed by atoms with Crippen LogP contribution in [0.15, 0.2) is 65.9 Å². The number of fused-ring (bicyclic) bond motifs is 1. The predicted octanol–water partition coefficient (Wildman–Crippen LogP) is 6.50. The maximum atomic E-state index is 13.1. The summed E-state index contributed by atoms with van der Waals surface area (Å²) in [6.07, 6.45) is 8.30. The van der Waals surface area contributed by atoms with Gasteiger partial charge >= 0.3 is 0 Å². The third-order valence-corrected chi connectivity index (χ3v) is 9.19. The van der Waals surface area contributed by atoms with E-state index in [1.165, 1.54) is 6.33 Å². The minimum absolute atomic E-state index is 0.296. The molecule has 46 heavy (non-hydrogen) atoms. The molecule has 6 rings (SSSR count). The summed E-state index contributed by atoms with van der Waals surface area (Å²) in [4.78, 5) is 17.9. The first kappa shape index (κ1) is 31.8. The van der Waals surface area contributed by atoms with E-state index in [0.717, 1.165) is 34.5 Å². The van der Waals surface area contributed by atoms with Gasteiger partial charge in [0.15, 0.2) is 6.29 Å². The second kappa shape index (κ2) is 13.7. The Morgan fingerprint density at radius 2 is 1.96 bits per heavy atom. The molecule has 13 heteroatoms. The zero-order valence-corrected chi connectivity index (χ0v) is 27.5. The van der Waals surface area contributed by atoms with E-state index >= 15 is 0 Å². The van der Waals surface area contributed by atoms with E-state index in [-0.39, 0.29) is 12.3 Å². The molecule has 4 heterocycles. The number of ether oxygens (including phenoxy) is 3. The zero-order valence-electron chi connectivity index (χ0n) is 26.6. The molecule has 5 aromatic rings. The molecule has 2 atom stereocenters. The van der Waals surface area contributed by atoms with Crippen LogP contribution in [0.1, 0.15) is 57.3 Å². The van der Waals surface area contributed by atoms with Gasteiger partial charge in [0, 0.05) is 31.4 Å². The van der Waals surface area contributed by atoms with Gasteiger partial charge in [0.05, 0.1) is 63.6 Å². The Labute approximate surface area is 270 Å². The van der Waals surface area contributed by atoms with Crippen molar-refractivity contribution in [3.05, 3.63) is 72.8 Å². The number of anilines is 2. The topological polar surface area (TPSA) is 138 Å². The first-order valence-electron chi connectivity index (χ1n) is 15.3. The minimum Gasteiger partial charge on any atom is -0.457 e. The highest BCUT2D eigenvalue weighted by molar-refractivity contribution is 7.84. The zero-order chi connectivity index (χ0) is 32.3. The largest absolute Gasteiger partial charge is 0.457 e. The van der Waals surface area contributed by atoms with E-state index < -0.39 is 15.7 Å². The first-order chi connectivity index (χ1) is 22.1. The molecule has 0 saturated carbocycles. The Kier molecular flexibility index (Phi) is 9.45. The SMILES string of the molecule is Cc1cc(Nc2ncncc2-c2nc(C(CCC3OCCCO3)NS(=O)C(C)(C)C)co2)ccc1Oc1ccc2c(c1)ncn2C. The lowest BCUT2D eigenvalue weighted by Crippen LogP contribution is -2.36. The Bertz CT molecular complexity index is 1830.